The SMILES string of the molecule is CC(=O)NC(C)CCc1ccc(-c2csc(NCCc3cccs3)n2)cc1. The van der Waals surface area contributed by atoms with Crippen molar-refractivity contribution >= 4 is 33.7 Å². The van der Waals surface area contributed by atoms with Crippen LogP contribution in [0.2, 0.25) is 0 Å². The number of nitrogens with one attached hydrogen (secondary N) is 2. The number of carbonyl (C=O) groups excluding carboxylic acids is 1. The van der Waals surface area contributed by atoms with Gasteiger partial charge in [-0.3, -0.25) is 4.79 Å². The van der Waals surface area contributed by atoms with Gasteiger partial charge in [0.1, 0.15) is 0 Å². The Morgan fingerprint density at radius 3 is 2.67 bits per heavy atom. The number of aromatic nitrogens is 1. The van der Waals surface area contributed by atoms with Crippen LogP contribution in [0, 0.1) is 0 Å². The van der Waals surface area contributed by atoms with E-state index in [1.54, 1.807) is 29.6 Å². The predicted octanol–water partition coefficient (Wildman–Crippen LogP) is 4.98. The Morgan fingerprint density at radius 1 is 1.15 bits per heavy atom. The van der Waals surface area contributed by atoms with E-state index in [0.29, 0.717) is 0 Å². The molecule has 27 heavy (non-hydrogen) atoms. The molecular weight excluding hydrogens is 374 g/mol. The number of thiophene rings is 1. The number of hydrogen-bond acceptors (Lipinski definition) is 5. The lowest BCUT2D eigenvalue weighted by atomic mass is 10.0. The predicted molar refractivity (Wildman–Crippen MR) is 116 cm³/mol. The monoisotopic (exact) mass is 399 g/mol. The summed E-state index contributed by atoms with van der Waals surface area (Å²) < 4.78 is 0. The second kappa shape index (κ2) is 9.67. The molecule has 142 valence electrons. The maximum absolute atomic E-state index is 11.1. The summed E-state index contributed by atoms with van der Waals surface area (Å²) in [6.45, 7) is 4.50. The lowest BCUT2D eigenvalue weighted by Gasteiger charge is -2.12. The van der Waals surface area contributed by atoms with E-state index in [0.717, 1.165) is 42.2 Å². The molecule has 3 rings (SSSR count). The lowest BCUT2D eigenvalue weighted by Crippen LogP contribution is -2.30. The fourth-order valence-corrected chi connectivity index (χ4v) is 4.34. The van der Waals surface area contributed by atoms with E-state index in [4.69, 9.17) is 4.98 Å². The molecule has 0 aliphatic rings. The van der Waals surface area contributed by atoms with E-state index in [2.05, 4.69) is 57.8 Å². The van der Waals surface area contributed by atoms with Crippen molar-refractivity contribution < 1.29 is 4.79 Å². The van der Waals surface area contributed by atoms with Crippen molar-refractivity contribution in [1.29, 1.82) is 0 Å². The second-order valence-corrected chi connectivity index (χ2v) is 8.52. The molecule has 1 amide bonds. The van der Waals surface area contributed by atoms with Gasteiger partial charge < -0.3 is 10.6 Å². The molecule has 3 aromatic rings. The summed E-state index contributed by atoms with van der Waals surface area (Å²) in [7, 11) is 0. The molecule has 0 spiro atoms. The first-order valence-corrected chi connectivity index (χ1v) is 10.9. The molecular formula is C21H25N3OS2. The molecule has 0 bridgehead atoms. The first-order chi connectivity index (χ1) is 13.1. The zero-order valence-corrected chi connectivity index (χ0v) is 17.3. The Kier molecular flexibility index (Phi) is 7.01. The smallest absolute Gasteiger partial charge is 0.217 e. The lowest BCUT2D eigenvalue weighted by molar-refractivity contribution is -0.119. The molecule has 6 heteroatoms. The van der Waals surface area contributed by atoms with Gasteiger partial charge in [-0.15, -0.1) is 22.7 Å². The number of rotatable bonds is 9. The van der Waals surface area contributed by atoms with Crippen LogP contribution < -0.4 is 10.6 Å². The molecule has 0 aliphatic carbocycles. The van der Waals surface area contributed by atoms with Crippen LogP contribution in [0.15, 0.2) is 47.2 Å². The van der Waals surface area contributed by atoms with Crippen molar-refractivity contribution in [3.63, 3.8) is 0 Å². The molecule has 1 aromatic carbocycles. The molecule has 1 unspecified atom stereocenters. The third-order valence-corrected chi connectivity index (χ3v) is 6.03. The largest absolute Gasteiger partial charge is 0.361 e. The maximum Gasteiger partial charge on any atom is 0.217 e. The van der Waals surface area contributed by atoms with Crippen LogP contribution >= 0.6 is 22.7 Å². The Labute approximate surface area is 168 Å². The third-order valence-electron chi connectivity index (χ3n) is 4.30. The average molecular weight is 400 g/mol. The van der Waals surface area contributed by atoms with Crippen LogP contribution in [0.1, 0.15) is 30.7 Å². The van der Waals surface area contributed by atoms with Crippen molar-refractivity contribution in [2.75, 3.05) is 11.9 Å². The van der Waals surface area contributed by atoms with Crippen molar-refractivity contribution in [3.05, 3.63) is 57.6 Å². The summed E-state index contributed by atoms with van der Waals surface area (Å²) in [4.78, 5) is 17.2. The minimum absolute atomic E-state index is 0.0289. The minimum Gasteiger partial charge on any atom is -0.361 e. The summed E-state index contributed by atoms with van der Waals surface area (Å²) in [5.41, 5.74) is 3.42. The molecule has 2 N–H and O–H groups in total. The highest BCUT2D eigenvalue weighted by Gasteiger charge is 2.07. The summed E-state index contributed by atoms with van der Waals surface area (Å²) in [6.07, 6.45) is 2.92. The van der Waals surface area contributed by atoms with Gasteiger partial charge in [0.15, 0.2) is 5.13 Å². The number of amides is 1. The molecule has 0 saturated carbocycles. The topological polar surface area (TPSA) is 54.0 Å². The molecule has 4 nitrogen and oxygen atoms in total. The third kappa shape index (κ3) is 6.19. The summed E-state index contributed by atoms with van der Waals surface area (Å²) in [5.74, 6) is 0.0289. The van der Waals surface area contributed by atoms with Crippen molar-refractivity contribution in [2.45, 2.75) is 39.2 Å². The number of benzene rings is 1. The quantitative estimate of drug-likeness (QED) is 0.533. The van der Waals surface area contributed by atoms with Gasteiger partial charge in [-0.1, -0.05) is 30.3 Å². The normalized spacial score (nSPS) is 11.9. The Morgan fingerprint density at radius 2 is 1.96 bits per heavy atom. The van der Waals surface area contributed by atoms with Crippen molar-refractivity contribution in [1.82, 2.24) is 10.3 Å². The van der Waals surface area contributed by atoms with Gasteiger partial charge in [-0.05, 0) is 43.2 Å². The Bertz CT molecular complexity index is 841. The van der Waals surface area contributed by atoms with E-state index >= 15 is 0 Å². The molecule has 0 fully saturated rings. The Balaban J connectivity index is 1.49. The summed E-state index contributed by atoms with van der Waals surface area (Å²) >= 11 is 3.44. The zero-order valence-electron chi connectivity index (χ0n) is 15.7. The maximum atomic E-state index is 11.1. The van der Waals surface area contributed by atoms with Gasteiger partial charge in [-0.2, -0.15) is 0 Å². The molecule has 0 aliphatic heterocycles. The van der Waals surface area contributed by atoms with E-state index in [1.165, 1.54) is 10.4 Å². The van der Waals surface area contributed by atoms with Gasteiger partial charge in [0.25, 0.3) is 0 Å². The molecule has 0 saturated heterocycles. The van der Waals surface area contributed by atoms with Crippen LogP contribution in [-0.2, 0) is 17.6 Å². The second-order valence-electron chi connectivity index (χ2n) is 6.63. The van der Waals surface area contributed by atoms with Crippen LogP contribution in [-0.4, -0.2) is 23.5 Å². The van der Waals surface area contributed by atoms with Crippen molar-refractivity contribution in [2.24, 2.45) is 0 Å². The molecule has 2 aromatic heterocycles. The standard InChI is InChI=1S/C21H25N3OS2/c1-15(23-16(2)25)5-6-17-7-9-18(10-8-17)20-14-27-21(24-20)22-12-11-19-4-3-13-26-19/h3-4,7-10,13-15H,5-6,11-12H2,1-2H3,(H,22,24)(H,23,25). The highest BCUT2D eigenvalue weighted by molar-refractivity contribution is 7.14. The highest BCUT2D eigenvalue weighted by atomic mass is 32.1. The Hall–Kier alpha value is -2.18. The number of aryl methyl sites for hydroxylation is 1. The zero-order chi connectivity index (χ0) is 19.1. The van der Waals surface area contributed by atoms with Crippen LogP contribution in [0.4, 0.5) is 5.13 Å². The van der Waals surface area contributed by atoms with E-state index in [9.17, 15) is 4.79 Å². The van der Waals surface area contributed by atoms with Gasteiger partial charge in [0.2, 0.25) is 5.91 Å². The minimum atomic E-state index is 0.0289. The fraction of sp³-hybridized carbons (Fsp3) is 0.333. The molecule has 1 atom stereocenters. The molecule has 2 heterocycles. The number of thiazole rings is 1. The van der Waals surface area contributed by atoms with Gasteiger partial charge >= 0.3 is 0 Å². The first-order valence-electron chi connectivity index (χ1n) is 9.18. The van der Waals surface area contributed by atoms with Crippen LogP contribution in [0.25, 0.3) is 11.3 Å². The van der Waals surface area contributed by atoms with Crippen molar-refractivity contribution in [3.8, 4) is 11.3 Å². The summed E-state index contributed by atoms with van der Waals surface area (Å²) in [6, 6.07) is 13.0. The summed E-state index contributed by atoms with van der Waals surface area (Å²) in [5, 5.41) is 11.5. The molecule has 0 radical (unpaired) electrons. The van der Waals surface area contributed by atoms with Gasteiger partial charge in [0, 0.05) is 35.3 Å². The van der Waals surface area contributed by atoms with Gasteiger partial charge in [-0.25, -0.2) is 4.98 Å². The average Bonchev–Trinajstić information content (AvgIpc) is 3.32. The van der Waals surface area contributed by atoms with E-state index < -0.39 is 0 Å². The van der Waals surface area contributed by atoms with Crippen LogP contribution in [0.3, 0.4) is 0 Å². The number of hydrogen-bond donors (Lipinski definition) is 2. The van der Waals surface area contributed by atoms with E-state index in [1.807, 2.05) is 6.92 Å². The fourth-order valence-electron chi connectivity index (χ4n) is 2.88. The number of anilines is 1. The van der Waals surface area contributed by atoms with E-state index in [-0.39, 0.29) is 11.9 Å². The number of nitrogens with zero attached hydrogens (tertiary/aromatic N) is 1. The number of carbonyl (C=O) groups is 1. The van der Waals surface area contributed by atoms with Gasteiger partial charge in [0.05, 0.1) is 5.69 Å². The van der Waals surface area contributed by atoms with Crippen LogP contribution in [0.5, 0.6) is 0 Å². The first kappa shape index (κ1) is 19.6. The highest BCUT2D eigenvalue weighted by Crippen LogP contribution is 2.25.